The monoisotopic (exact) mass is 132 g/mol. The zero-order valence-electron chi connectivity index (χ0n) is 5.06. The molecule has 0 radical (unpaired) electrons. The van der Waals surface area contributed by atoms with Crippen LogP contribution in [0.2, 0.25) is 0 Å². The van der Waals surface area contributed by atoms with E-state index in [0.717, 1.165) is 0 Å². The SMILES string of the molecule is O=C(F)N1CCNCC1. The summed E-state index contributed by atoms with van der Waals surface area (Å²) in [5.74, 6) is 0. The molecule has 0 aromatic heterocycles. The molecule has 4 heteroatoms. The van der Waals surface area contributed by atoms with Gasteiger partial charge in [-0.2, -0.15) is 0 Å². The van der Waals surface area contributed by atoms with Gasteiger partial charge in [0.25, 0.3) is 0 Å². The van der Waals surface area contributed by atoms with Crippen LogP contribution in [0.15, 0.2) is 0 Å². The Hall–Kier alpha value is -0.640. The van der Waals surface area contributed by atoms with Crippen molar-refractivity contribution in [1.29, 1.82) is 0 Å². The molecule has 0 unspecified atom stereocenters. The molecule has 52 valence electrons. The molecule has 1 aliphatic heterocycles. The quantitative estimate of drug-likeness (QED) is 0.371. The fraction of sp³-hybridized carbons (Fsp3) is 0.800. The maximum atomic E-state index is 11.8. The molecular formula is C5H9FN2O. The van der Waals surface area contributed by atoms with Crippen LogP contribution in [-0.2, 0) is 0 Å². The van der Waals surface area contributed by atoms with Crippen LogP contribution in [-0.4, -0.2) is 37.2 Å². The summed E-state index contributed by atoms with van der Waals surface area (Å²) in [7, 11) is 0. The smallest absolute Gasteiger partial charge is 0.313 e. The molecule has 1 fully saturated rings. The van der Waals surface area contributed by atoms with Gasteiger partial charge in [-0.3, -0.25) is 0 Å². The van der Waals surface area contributed by atoms with Gasteiger partial charge in [-0.1, -0.05) is 0 Å². The Balaban J connectivity index is 2.31. The summed E-state index contributed by atoms with van der Waals surface area (Å²) in [5, 5.41) is 3.01. The first-order chi connectivity index (χ1) is 4.30. The lowest BCUT2D eigenvalue weighted by Gasteiger charge is -2.23. The molecule has 1 N–H and O–H groups in total. The predicted octanol–water partition coefficient (Wildman–Crippen LogP) is -0.0189. The minimum atomic E-state index is -1.31. The number of carbonyl (C=O) groups is 1. The van der Waals surface area contributed by atoms with E-state index in [1.165, 1.54) is 4.90 Å². The molecule has 1 heterocycles. The fourth-order valence-corrected chi connectivity index (χ4v) is 0.841. The molecule has 0 spiro atoms. The zero-order valence-corrected chi connectivity index (χ0v) is 5.06. The highest BCUT2D eigenvalue weighted by atomic mass is 19.1. The fourth-order valence-electron chi connectivity index (χ4n) is 0.841. The van der Waals surface area contributed by atoms with Crippen LogP contribution in [0.1, 0.15) is 0 Å². The van der Waals surface area contributed by atoms with E-state index in [0.29, 0.717) is 26.2 Å². The summed E-state index contributed by atoms with van der Waals surface area (Å²) in [5.41, 5.74) is 0. The molecule has 1 rings (SSSR count). The highest BCUT2D eigenvalue weighted by molar-refractivity contribution is 5.66. The lowest BCUT2D eigenvalue weighted by molar-refractivity contribution is 0.167. The standard InChI is InChI=1S/C5H9FN2O/c6-5(9)8-3-1-7-2-4-8/h7H,1-4H2. The third kappa shape index (κ3) is 1.64. The Morgan fingerprint density at radius 3 is 2.33 bits per heavy atom. The van der Waals surface area contributed by atoms with Crippen LogP contribution < -0.4 is 5.32 Å². The maximum Gasteiger partial charge on any atom is 0.400 e. The number of amides is 1. The van der Waals surface area contributed by atoms with Gasteiger partial charge in [-0.25, -0.2) is 4.79 Å². The summed E-state index contributed by atoms with van der Waals surface area (Å²) in [6, 6.07) is 0. The van der Waals surface area contributed by atoms with E-state index < -0.39 is 6.16 Å². The number of halogens is 1. The molecular weight excluding hydrogens is 123 g/mol. The molecule has 0 saturated carbocycles. The van der Waals surface area contributed by atoms with Crippen LogP contribution in [0.4, 0.5) is 9.18 Å². The molecule has 1 aliphatic rings. The van der Waals surface area contributed by atoms with Crippen LogP contribution in [0.3, 0.4) is 0 Å². The molecule has 0 aromatic carbocycles. The van der Waals surface area contributed by atoms with Crippen molar-refractivity contribution in [3.05, 3.63) is 0 Å². The first-order valence-corrected chi connectivity index (χ1v) is 2.96. The third-order valence-electron chi connectivity index (χ3n) is 1.37. The Morgan fingerprint density at radius 1 is 1.44 bits per heavy atom. The minimum absolute atomic E-state index is 0.495. The molecule has 3 nitrogen and oxygen atoms in total. The summed E-state index contributed by atoms with van der Waals surface area (Å²) in [6.07, 6.45) is -1.31. The van der Waals surface area contributed by atoms with Crippen molar-refractivity contribution < 1.29 is 9.18 Å². The summed E-state index contributed by atoms with van der Waals surface area (Å²) in [6.45, 7) is 2.40. The molecule has 0 aromatic rings. The lowest BCUT2D eigenvalue weighted by atomic mass is 10.4. The second-order valence-corrected chi connectivity index (χ2v) is 1.99. The van der Waals surface area contributed by atoms with Crippen molar-refractivity contribution in [1.82, 2.24) is 10.2 Å². The number of nitrogens with one attached hydrogen (secondary N) is 1. The lowest BCUT2D eigenvalue weighted by Crippen LogP contribution is -2.44. The number of carbonyl (C=O) groups excluding carboxylic acids is 1. The Labute approximate surface area is 52.8 Å². The average Bonchev–Trinajstić information content (AvgIpc) is 1.90. The molecule has 1 amide bonds. The molecule has 0 atom stereocenters. The molecule has 9 heavy (non-hydrogen) atoms. The van der Waals surface area contributed by atoms with Gasteiger partial charge < -0.3 is 10.2 Å². The van der Waals surface area contributed by atoms with E-state index in [2.05, 4.69) is 5.32 Å². The first kappa shape index (κ1) is 6.48. The highest BCUT2D eigenvalue weighted by Crippen LogP contribution is 1.94. The number of nitrogens with zero attached hydrogens (tertiary/aromatic N) is 1. The van der Waals surface area contributed by atoms with Crippen LogP contribution in [0.25, 0.3) is 0 Å². The summed E-state index contributed by atoms with van der Waals surface area (Å²) >= 11 is 0. The van der Waals surface area contributed by atoms with Gasteiger partial charge in [-0.15, -0.1) is 4.39 Å². The largest absolute Gasteiger partial charge is 0.400 e. The van der Waals surface area contributed by atoms with Gasteiger partial charge in [0.05, 0.1) is 0 Å². The van der Waals surface area contributed by atoms with Crippen molar-refractivity contribution in [3.8, 4) is 0 Å². The number of hydrogen-bond donors (Lipinski definition) is 1. The molecule has 0 aliphatic carbocycles. The van der Waals surface area contributed by atoms with E-state index >= 15 is 0 Å². The van der Waals surface area contributed by atoms with Crippen LogP contribution >= 0.6 is 0 Å². The average molecular weight is 132 g/mol. The van der Waals surface area contributed by atoms with E-state index in [1.807, 2.05) is 0 Å². The van der Waals surface area contributed by atoms with Crippen molar-refractivity contribution in [2.45, 2.75) is 0 Å². The number of hydrogen-bond acceptors (Lipinski definition) is 2. The van der Waals surface area contributed by atoms with Gasteiger partial charge in [0.1, 0.15) is 0 Å². The van der Waals surface area contributed by atoms with Gasteiger partial charge in [0.2, 0.25) is 0 Å². The Kier molecular flexibility index (Phi) is 2.00. The Morgan fingerprint density at radius 2 is 2.00 bits per heavy atom. The van der Waals surface area contributed by atoms with Crippen LogP contribution in [0.5, 0.6) is 0 Å². The van der Waals surface area contributed by atoms with Gasteiger partial charge in [0, 0.05) is 26.2 Å². The normalized spacial score (nSPS) is 19.9. The van der Waals surface area contributed by atoms with E-state index in [9.17, 15) is 9.18 Å². The predicted molar refractivity (Wildman–Crippen MR) is 30.9 cm³/mol. The third-order valence-corrected chi connectivity index (χ3v) is 1.37. The van der Waals surface area contributed by atoms with Crippen molar-refractivity contribution in [2.75, 3.05) is 26.2 Å². The van der Waals surface area contributed by atoms with Crippen molar-refractivity contribution in [3.63, 3.8) is 0 Å². The number of piperazine rings is 1. The first-order valence-electron chi connectivity index (χ1n) is 2.96. The second-order valence-electron chi connectivity index (χ2n) is 1.99. The summed E-state index contributed by atoms with van der Waals surface area (Å²) < 4.78 is 11.8. The van der Waals surface area contributed by atoms with Crippen molar-refractivity contribution >= 4 is 6.16 Å². The van der Waals surface area contributed by atoms with Crippen molar-refractivity contribution in [2.24, 2.45) is 0 Å². The van der Waals surface area contributed by atoms with Gasteiger partial charge in [-0.05, 0) is 0 Å². The van der Waals surface area contributed by atoms with Gasteiger partial charge >= 0.3 is 6.16 Å². The van der Waals surface area contributed by atoms with E-state index in [4.69, 9.17) is 0 Å². The second kappa shape index (κ2) is 2.77. The van der Waals surface area contributed by atoms with E-state index in [-0.39, 0.29) is 0 Å². The zero-order chi connectivity index (χ0) is 6.69. The molecule has 0 bridgehead atoms. The minimum Gasteiger partial charge on any atom is -0.313 e. The summed E-state index contributed by atoms with van der Waals surface area (Å²) in [4.78, 5) is 11.2. The van der Waals surface area contributed by atoms with Crippen LogP contribution in [0, 0.1) is 0 Å². The topological polar surface area (TPSA) is 32.3 Å². The van der Waals surface area contributed by atoms with E-state index in [1.54, 1.807) is 0 Å². The highest BCUT2D eigenvalue weighted by Gasteiger charge is 2.13. The number of rotatable bonds is 0. The Bertz CT molecular complexity index is 112. The van der Waals surface area contributed by atoms with Gasteiger partial charge in [0.15, 0.2) is 0 Å². The maximum absolute atomic E-state index is 11.8. The molecule has 1 saturated heterocycles.